The van der Waals surface area contributed by atoms with E-state index < -0.39 is 0 Å². The SMILES string of the molecule is NCC(c1ccsc1)N(Cc1ccccc1)C1CC1. The molecule has 0 radical (unpaired) electrons. The van der Waals surface area contributed by atoms with Gasteiger partial charge in [0.25, 0.3) is 0 Å². The normalized spacial score (nSPS) is 16.7. The van der Waals surface area contributed by atoms with Crippen molar-refractivity contribution in [3.8, 4) is 0 Å². The van der Waals surface area contributed by atoms with E-state index in [2.05, 4.69) is 52.1 Å². The van der Waals surface area contributed by atoms with E-state index in [0.29, 0.717) is 18.6 Å². The molecule has 0 spiro atoms. The number of benzene rings is 1. The minimum absolute atomic E-state index is 0.360. The van der Waals surface area contributed by atoms with Crippen LogP contribution >= 0.6 is 11.3 Å². The van der Waals surface area contributed by atoms with Gasteiger partial charge < -0.3 is 5.73 Å². The van der Waals surface area contributed by atoms with Crippen molar-refractivity contribution in [1.82, 2.24) is 4.90 Å². The van der Waals surface area contributed by atoms with Crippen molar-refractivity contribution in [2.45, 2.75) is 31.5 Å². The van der Waals surface area contributed by atoms with Crippen LogP contribution in [-0.2, 0) is 6.54 Å². The Balaban J connectivity index is 1.80. The molecular weight excluding hydrogens is 252 g/mol. The average Bonchev–Trinajstić information content (AvgIpc) is 3.16. The minimum atomic E-state index is 0.360. The summed E-state index contributed by atoms with van der Waals surface area (Å²) in [6.07, 6.45) is 2.63. The first-order valence-electron chi connectivity index (χ1n) is 6.90. The van der Waals surface area contributed by atoms with Gasteiger partial charge in [0.2, 0.25) is 0 Å². The monoisotopic (exact) mass is 272 g/mol. The molecule has 0 amide bonds. The third-order valence-corrected chi connectivity index (χ3v) is 4.48. The van der Waals surface area contributed by atoms with E-state index in [-0.39, 0.29) is 0 Å². The standard InChI is InChI=1S/C16H20N2S/c17-10-16(14-8-9-19-12-14)18(15-6-7-15)11-13-4-2-1-3-5-13/h1-5,8-9,12,15-16H,6-7,10-11,17H2. The van der Waals surface area contributed by atoms with Gasteiger partial charge in [0, 0.05) is 25.2 Å². The molecule has 1 unspecified atom stereocenters. The maximum Gasteiger partial charge on any atom is 0.0485 e. The molecule has 1 heterocycles. The lowest BCUT2D eigenvalue weighted by atomic mass is 10.1. The van der Waals surface area contributed by atoms with Crippen molar-refractivity contribution in [2.24, 2.45) is 5.73 Å². The van der Waals surface area contributed by atoms with E-state index in [0.717, 1.165) is 6.54 Å². The lowest BCUT2D eigenvalue weighted by molar-refractivity contribution is 0.182. The summed E-state index contributed by atoms with van der Waals surface area (Å²) in [7, 11) is 0. The second-order valence-electron chi connectivity index (χ2n) is 5.20. The highest BCUT2D eigenvalue weighted by molar-refractivity contribution is 7.07. The Bertz CT molecular complexity index is 491. The topological polar surface area (TPSA) is 29.3 Å². The predicted molar refractivity (Wildman–Crippen MR) is 81.1 cm³/mol. The first kappa shape index (κ1) is 12.9. The molecule has 1 aliphatic rings. The van der Waals surface area contributed by atoms with Gasteiger partial charge in [0.1, 0.15) is 0 Å². The Morgan fingerprint density at radius 3 is 2.58 bits per heavy atom. The Morgan fingerprint density at radius 2 is 2.00 bits per heavy atom. The quantitative estimate of drug-likeness (QED) is 0.873. The van der Waals surface area contributed by atoms with Crippen LogP contribution in [0.5, 0.6) is 0 Å². The Labute approximate surface area is 118 Å². The van der Waals surface area contributed by atoms with Gasteiger partial charge in [-0.05, 0) is 40.8 Å². The number of rotatable bonds is 6. The van der Waals surface area contributed by atoms with Crippen LogP contribution in [0, 0.1) is 0 Å². The molecule has 2 aromatic rings. The van der Waals surface area contributed by atoms with E-state index in [4.69, 9.17) is 5.73 Å². The third-order valence-electron chi connectivity index (χ3n) is 3.78. The molecule has 1 saturated carbocycles. The van der Waals surface area contributed by atoms with E-state index in [1.54, 1.807) is 11.3 Å². The van der Waals surface area contributed by atoms with Crippen LogP contribution < -0.4 is 5.73 Å². The number of hydrogen-bond acceptors (Lipinski definition) is 3. The summed E-state index contributed by atoms with van der Waals surface area (Å²) in [5.74, 6) is 0. The number of thiophene rings is 1. The first-order valence-corrected chi connectivity index (χ1v) is 7.84. The van der Waals surface area contributed by atoms with Gasteiger partial charge in [0.15, 0.2) is 0 Å². The highest BCUT2D eigenvalue weighted by Crippen LogP contribution is 2.35. The van der Waals surface area contributed by atoms with Gasteiger partial charge in [-0.25, -0.2) is 0 Å². The van der Waals surface area contributed by atoms with Crippen LogP contribution in [0.15, 0.2) is 47.2 Å². The summed E-state index contributed by atoms with van der Waals surface area (Å²) in [5.41, 5.74) is 8.80. The van der Waals surface area contributed by atoms with Crippen molar-refractivity contribution in [2.75, 3.05) is 6.54 Å². The highest BCUT2D eigenvalue weighted by atomic mass is 32.1. The zero-order chi connectivity index (χ0) is 13.1. The van der Waals surface area contributed by atoms with E-state index in [1.165, 1.54) is 24.0 Å². The lowest BCUT2D eigenvalue weighted by Gasteiger charge is -2.30. The van der Waals surface area contributed by atoms with Crippen LogP contribution in [0.4, 0.5) is 0 Å². The summed E-state index contributed by atoms with van der Waals surface area (Å²) in [6, 6.07) is 14.0. The molecule has 19 heavy (non-hydrogen) atoms. The predicted octanol–water partition coefficient (Wildman–Crippen LogP) is 3.41. The maximum absolute atomic E-state index is 6.05. The molecule has 3 rings (SSSR count). The van der Waals surface area contributed by atoms with Crippen LogP contribution in [0.2, 0.25) is 0 Å². The number of nitrogens with zero attached hydrogens (tertiary/aromatic N) is 1. The van der Waals surface area contributed by atoms with Gasteiger partial charge in [-0.3, -0.25) is 4.90 Å². The molecule has 1 atom stereocenters. The van der Waals surface area contributed by atoms with Gasteiger partial charge in [0.05, 0.1) is 0 Å². The van der Waals surface area contributed by atoms with E-state index in [9.17, 15) is 0 Å². The summed E-state index contributed by atoms with van der Waals surface area (Å²) in [5, 5.41) is 4.38. The van der Waals surface area contributed by atoms with Gasteiger partial charge in [-0.15, -0.1) is 0 Å². The van der Waals surface area contributed by atoms with Crippen LogP contribution in [-0.4, -0.2) is 17.5 Å². The second-order valence-corrected chi connectivity index (χ2v) is 5.98. The van der Waals surface area contributed by atoms with Gasteiger partial charge in [-0.1, -0.05) is 30.3 Å². The third kappa shape index (κ3) is 3.06. The maximum atomic E-state index is 6.05. The fourth-order valence-corrected chi connectivity index (χ4v) is 3.33. The average molecular weight is 272 g/mol. The molecule has 1 aliphatic carbocycles. The van der Waals surface area contributed by atoms with Crippen molar-refractivity contribution in [3.05, 3.63) is 58.3 Å². The molecule has 3 heteroatoms. The van der Waals surface area contributed by atoms with Crippen molar-refractivity contribution < 1.29 is 0 Å². The highest BCUT2D eigenvalue weighted by Gasteiger charge is 2.34. The summed E-state index contributed by atoms with van der Waals surface area (Å²) in [6.45, 7) is 1.70. The van der Waals surface area contributed by atoms with Gasteiger partial charge in [-0.2, -0.15) is 11.3 Å². The summed E-state index contributed by atoms with van der Waals surface area (Å²) in [4.78, 5) is 2.58. The number of nitrogens with two attached hydrogens (primary N) is 1. The largest absolute Gasteiger partial charge is 0.329 e. The van der Waals surface area contributed by atoms with Crippen molar-refractivity contribution >= 4 is 11.3 Å². The van der Waals surface area contributed by atoms with Crippen molar-refractivity contribution in [1.29, 1.82) is 0 Å². The fraction of sp³-hybridized carbons (Fsp3) is 0.375. The zero-order valence-corrected chi connectivity index (χ0v) is 11.9. The van der Waals surface area contributed by atoms with Crippen LogP contribution in [0.3, 0.4) is 0 Å². The molecule has 0 saturated heterocycles. The summed E-state index contributed by atoms with van der Waals surface area (Å²) >= 11 is 1.76. The molecule has 0 bridgehead atoms. The lowest BCUT2D eigenvalue weighted by Crippen LogP contribution is -2.34. The minimum Gasteiger partial charge on any atom is -0.329 e. The van der Waals surface area contributed by atoms with Crippen molar-refractivity contribution in [3.63, 3.8) is 0 Å². The van der Waals surface area contributed by atoms with Gasteiger partial charge >= 0.3 is 0 Å². The first-order chi connectivity index (χ1) is 9.38. The molecule has 2 nitrogen and oxygen atoms in total. The Kier molecular flexibility index (Phi) is 3.97. The zero-order valence-electron chi connectivity index (χ0n) is 11.0. The van der Waals surface area contributed by atoms with Crippen LogP contribution in [0.1, 0.15) is 30.0 Å². The molecule has 100 valence electrons. The molecule has 0 aliphatic heterocycles. The summed E-state index contributed by atoms with van der Waals surface area (Å²) < 4.78 is 0. The van der Waals surface area contributed by atoms with E-state index >= 15 is 0 Å². The Hall–Kier alpha value is -1.16. The second kappa shape index (κ2) is 5.87. The Morgan fingerprint density at radius 1 is 1.21 bits per heavy atom. The number of hydrogen-bond donors (Lipinski definition) is 1. The molecule has 2 N–H and O–H groups in total. The molecule has 1 aromatic carbocycles. The van der Waals surface area contributed by atoms with Crippen LogP contribution in [0.25, 0.3) is 0 Å². The van der Waals surface area contributed by atoms with E-state index in [1.807, 2.05) is 0 Å². The molecule has 1 aromatic heterocycles. The molecular formula is C16H20N2S. The molecule has 1 fully saturated rings. The fourth-order valence-electron chi connectivity index (χ4n) is 2.62. The smallest absolute Gasteiger partial charge is 0.0485 e.